The number of carbonyl (C=O) groups is 3. The number of amides is 3. The molecule has 1 aromatic rings. The van der Waals surface area contributed by atoms with E-state index in [9.17, 15) is 27.2 Å². The van der Waals surface area contributed by atoms with E-state index in [1.165, 1.54) is 34.9 Å². The van der Waals surface area contributed by atoms with Crippen LogP contribution >= 0.6 is 0 Å². The molecule has 1 aromatic carbocycles. The average molecular weight is 511 g/mol. The van der Waals surface area contributed by atoms with E-state index in [1.54, 1.807) is 0 Å². The van der Waals surface area contributed by atoms with Gasteiger partial charge in [-0.15, -0.1) is 0 Å². The molecule has 4 N–H and O–H groups in total. The summed E-state index contributed by atoms with van der Waals surface area (Å²) in [7, 11) is -3.91. The van der Waals surface area contributed by atoms with Crippen LogP contribution in [-0.4, -0.2) is 80.7 Å². The number of nitrogens with two attached hydrogens (primary N) is 1. The number of benzene rings is 1. The first-order valence-electron chi connectivity index (χ1n) is 11.4. The Morgan fingerprint density at radius 1 is 1.29 bits per heavy atom. The van der Waals surface area contributed by atoms with E-state index in [1.807, 2.05) is 0 Å². The van der Waals surface area contributed by atoms with Crippen molar-refractivity contribution in [3.63, 3.8) is 0 Å². The van der Waals surface area contributed by atoms with Crippen LogP contribution < -0.4 is 15.8 Å². The maximum atomic E-state index is 13.4. The minimum Gasteiger partial charge on any atom is -0.369 e. The first kappa shape index (κ1) is 26.5. The third-order valence-corrected chi connectivity index (χ3v) is 7.24. The highest BCUT2D eigenvalue weighted by atomic mass is 32.2. The molecule has 0 radical (unpaired) electrons. The first-order valence-corrected chi connectivity index (χ1v) is 13.1. The third kappa shape index (κ3) is 7.72. The van der Waals surface area contributed by atoms with Gasteiger partial charge in [0.1, 0.15) is 11.9 Å². The summed E-state index contributed by atoms with van der Waals surface area (Å²) in [5.41, 5.74) is 5.99. The Morgan fingerprint density at radius 3 is 2.77 bits per heavy atom. The molecule has 2 aliphatic heterocycles. The van der Waals surface area contributed by atoms with Gasteiger partial charge in [-0.1, -0.05) is 12.1 Å². The van der Waals surface area contributed by atoms with E-state index >= 15 is 0 Å². The van der Waals surface area contributed by atoms with E-state index in [4.69, 9.17) is 5.73 Å². The van der Waals surface area contributed by atoms with E-state index < -0.39 is 39.4 Å². The lowest BCUT2D eigenvalue weighted by molar-refractivity contribution is -0.137. The molecule has 0 aliphatic carbocycles. The Bertz CT molecular complexity index is 1100. The Kier molecular flexibility index (Phi) is 8.78. The van der Waals surface area contributed by atoms with Gasteiger partial charge < -0.3 is 16.0 Å². The lowest BCUT2D eigenvalue weighted by atomic mass is 10.1. The number of guanidine groups is 1. The number of nitrogens with one attached hydrogen (secondary N) is 2. The SMILES string of the molecule is CC(=O)N1CC(CNC(=O)CN2CCCC[C@H](NS(=O)(=O)Cc3cccc(F)c3)C2=O)CN=C1N. The zero-order valence-corrected chi connectivity index (χ0v) is 20.4. The van der Waals surface area contributed by atoms with Gasteiger partial charge in [0.2, 0.25) is 27.7 Å². The second-order valence-corrected chi connectivity index (χ2v) is 10.6. The Morgan fingerprint density at radius 2 is 2.06 bits per heavy atom. The van der Waals surface area contributed by atoms with Crippen LogP contribution in [0.3, 0.4) is 0 Å². The maximum Gasteiger partial charge on any atom is 0.241 e. The van der Waals surface area contributed by atoms with Crippen molar-refractivity contribution in [2.45, 2.75) is 38.0 Å². The van der Waals surface area contributed by atoms with E-state index in [2.05, 4.69) is 15.0 Å². The number of nitrogens with zero attached hydrogens (tertiary/aromatic N) is 3. The maximum absolute atomic E-state index is 13.4. The van der Waals surface area contributed by atoms with Crippen molar-refractivity contribution in [1.82, 2.24) is 19.8 Å². The molecule has 1 saturated heterocycles. The highest BCUT2D eigenvalue weighted by Crippen LogP contribution is 2.15. The van der Waals surface area contributed by atoms with Crippen LogP contribution in [0.1, 0.15) is 31.7 Å². The molecular weight excluding hydrogens is 479 g/mol. The van der Waals surface area contributed by atoms with Gasteiger partial charge in [0, 0.05) is 39.0 Å². The number of halogens is 1. The van der Waals surface area contributed by atoms with Crippen LogP contribution in [0.2, 0.25) is 0 Å². The minimum atomic E-state index is -3.91. The number of carbonyl (C=O) groups excluding carboxylic acids is 3. The van der Waals surface area contributed by atoms with Gasteiger partial charge in [-0.2, -0.15) is 0 Å². The largest absolute Gasteiger partial charge is 0.369 e. The van der Waals surface area contributed by atoms with Gasteiger partial charge in [0.25, 0.3) is 0 Å². The summed E-state index contributed by atoms with van der Waals surface area (Å²) >= 11 is 0. The smallest absolute Gasteiger partial charge is 0.241 e. The van der Waals surface area contributed by atoms with Crippen molar-refractivity contribution in [2.24, 2.45) is 16.6 Å². The first-order chi connectivity index (χ1) is 16.5. The summed E-state index contributed by atoms with van der Waals surface area (Å²) in [5.74, 6) is -2.06. The molecule has 192 valence electrons. The summed E-state index contributed by atoms with van der Waals surface area (Å²) in [6.07, 6.45) is 1.55. The van der Waals surface area contributed by atoms with Crippen LogP contribution in [0.4, 0.5) is 4.39 Å². The highest BCUT2D eigenvalue weighted by Gasteiger charge is 2.32. The van der Waals surface area contributed by atoms with Crippen molar-refractivity contribution in [3.05, 3.63) is 35.6 Å². The lowest BCUT2D eigenvalue weighted by Gasteiger charge is -2.30. The average Bonchev–Trinajstić information content (AvgIpc) is 2.94. The molecule has 1 fully saturated rings. The standard InChI is InChI=1S/C22H31FN6O5S/c1-15(30)29-12-17(11-26-22(29)24)10-25-20(31)13-28-8-3-2-7-19(21(28)32)27-35(33,34)14-16-5-4-6-18(23)9-16/h4-6,9,17,19,27H,2-3,7-8,10-14H2,1H3,(H2,24,26)(H,25,31)/t17?,19-/m0/s1. The molecular formula is C22H31FN6O5S. The molecule has 11 nitrogen and oxygen atoms in total. The van der Waals surface area contributed by atoms with Crippen molar-refractivity contribution in [3.8, 4) is 0 Å². The van der Waals surface area contributed by atoms with Crippen molar-refractivity contribution in [2.75, 3.05) is 32.7 Å². The normalized spacial score (nSPS) is 21.3. The predicted molar refractivity (Wildman–Crippen MR) is 127 cm³/mol. The van der Waals surface area contributed by atoms with Gasteiger partial charge in [0.05, 0.1) is 12.3 Å². The van der Waals surface area contributed by atoms with E-state index in [0.29, 0.717) is 38.9 Å². The molecule has 0 bridgehead atoms. The van der Waals surface area contributed by atoms with Gasteiger partial charge in [-0.25, -0.2) is 17.5 Å². The van der Waals surface area contributed by atoms with Gasteiger partial charge >= 0.3 is 0 Å². The fourth-order valence-corrected chi connectivity index (χ4v) is 5.45. The molecule has 0 aromatic heterocycles. The number of rotatable bonds is 8. The number of hydrogen-bond acceptors (Lipinski definition) is 7. The Balaban J connectivity index is 1.54. The van der Waals surface area contributed by atoms with Gasteiger partial charge in [-0.05, 0) is 37.0 Å². The highest BCUT2D eigenvalue weighted by molar-refractivity contribution is 7.88. The molecule has 2 heterocycles. The molecule has 13 heteroatoms. The lowest BCUT2D eigenvalue weighted by Crippen LogP contribution is -2.52. The molecule has 0 saturated carbocycles. The molecule has 3 amide bonds. The molecule has 3 rings (SSSR count). The molecule has 2 aliphatic rings. The quantitative estimate of drug-likeness (QED) is 0.430. The number of likely N-dealkylation sites (tertiary alicyclic amines) is 1. The second kappa shape index (κ2) is 11.6. The van der Waals surface area contributed by atoms with E-state index in [0.717, 1.165) is 6.07 Å². The zero-order valence-electron chi connectivity index (χ0n) is 19.6. The van der Waals surface area contributed by atoms with Crippen molar-refractivity contribution >= 4 is 33.7 Å². The third-order valence-electron chi connectivity index (χ3n) is 5.88. The molecule has 35 heavy (non-hydrogen) atoms. The summed E-state index contributed by atoms with van der Waals surface area (Å²) < 4.78 is 41.0. The van der Waals surface area contributed by atoms with Crippen molar-refractivity contribution in [1.29, 1.82) is 0 Å². The predicted octanol–water partition coefficient (Wildman–Crippen LogP) is -0.465. The topological polar surface area (TPSA) is 154 Å². The van der Waals surface area contributed by atoms with Gasteiger partial charge in [-0.3, -0.25) is 24.3 Å². The summed E-state index contributed by atoms with van der Waals surface area (Å²) in [5, 5.41) is 2.76. The van der Waals surface area contributed by atoms with Crippen LogP contribution in [0.25, 0.3) is 0 Å². The van der Waals surface area contributed by atoms with Crippen LogP contribution in [0.5, 0.6) is 0 Å². The Labute approximate surface area is 204 Å². The number of aliphatic imine (C=N–C) groups is 1. The Hall–Kier alpha value is -3.06. The number of sulfonamides is 1. The zero-order chi connectivity index (χ0) is 25.6. The second-order valence-electron chi connectivity index (χ2n) is 8.81. The molecule has 1 unspecified atom stereocenters. The summed E-state index contributed by atoms with van der Waals surface area (Å²) in [6.45, 7) is 2.46. The summed E-state index contributed by atoms with van der Waals surface area (Å²) in [6, 6.07) is 4.27. The molecule has 2 atom stereocenters. The van der Waals surface area contributed by atoms with E-state index in [-0.39, 0.29) is 36.4 Å². The van der Waals surface area contributed by atoms with Gasteiger partial charge in [0.15, 0.2) is 5.96 Å². The summed E-state index contributed by atoms with van der Waals surface area (Å²) in [4.78, 5) is 44.0. The fourth-order valence-electron chi connectivity index (χ4n) is 4.10. The molecule has 0 spiro atoms. The monoisotopic (exact) mass is 510 g/mol. The number of hydrogen-bond donors (Lipinski definition) is 3. The van der Waals surface area contributed by atoms with Crippen LogP contribution in [0.15, 0.2) is 29.3 Å². The minimum absolute atomic E-state index is 0.114. The fraction of sp³-hybridized carbons (Fsp3) is 0.545. The van der Waals surface area contributed by atoms with Crippen molar-refractivity contribution < 1.29 is 27.2 Å². The van der Waals surface area contributed by atoms with Crippen LogP contribution in [-0.2, 0) is 30.2 Å². The van der Waals surface area contributed by atoms with Crippen LogP contribution in [0, 0.1) is 11.7 Å².